The molecule has 0 saturated heterocycles. The van der Waals surface area contributed by atoms with Crippen molar-refractivity contribution < 1.29 is 9.53 Å². The Bertz CT molecular complexity index is 455. The van der Waals surface area contributed by atoms with E-state index in [0.717, 1.165) is 0 Å². The molecule has 0 fully saturated rings. The number of nitrogens with one attached hydrogen (secondary N) is 1. The maximum absolute atomic E-state index is 12.0. The Morgan fingerprint density at radius 2 is 2.15 bits per heavy atom. The molecule has 0 spiro atoms. The van der Waals surface area contributed by atoms with E-state index in [1.54, 1.807) is 18.2 Å². The summed E-state index contributed by atoms with van der Waals surface area (Å²) < 4.78 is 5.40. The number of halogens is 1. The quantitative estimate of drug-likeness (QED) is 0.821. The molecule has 20 heavy (non-hydrogen) atoms. The van der Waals surface area contributed by atoms with E-state index >= 15 is 0 Å². The Labute approximate surface area is 126 Å². The average Bonchev–Trinajstić information content (AvgIpc) is 2.34. The van der Waals surface area contributed by atoms with Gasteiger partial charge in [-0.05, 0) is 17.5 Å². The van der Waals surface area contributed by atoms with Gasteiger partial charge in [0.1, 0.15) is 12.4 Å². The topological polar surface area (TPSA) is 64.3 Å². The van der Waals surface area contributed by atoms with Crippen LogP contribution in [-0.2, 0) is 4.79 Å². The molecule has 1 atom stereocenters. The SMILES string of the molecule is C=CCOc1cccc(NC(=O)[C@@H](N)C(C)(C)C)c1.Cl. The van der Waals surface area contributed by atoms with E-state index in [1.807, 2.05) is 32.9 Å². The number of rotatable bonds is 5. The molecule has 0 bridgehead atoms. The molecule has 112 valence electrons. The van der Waals surface area contributed by atoms with Crippen LogP contribution in [0.5, 0.6) is 5.75 Å². The predicted octanol–water partition coefficient (Wildman–Crippen LogP) is 2.99. The Morgan fingerprint density at radius 1 is 1.50 bits per heavy atom. The van der Waals surface area contributed by atoms with Gasteiger partial charge in [-0.15, -0.1) is 12.4 Å². The van der Waals surface area contributed by atoms with Crippen LogP contribution in [0.15, 0.2) is 36.9 Å². The number of carbonyl (C=O) groups is 1. The van der Waals surface area contributed by atoms with Gasteiger partial charge in [0, 0.05) is 11.8 Å². The summed E-state index contributed by atoms with van der Waals surface area (Å²) >= 11 is 0. The van der Waals surface area contributed by atoms with Gasteiger partial charge in [-0.2, -0.15) is 0 Å². The largest absolute Gasteiger partial charge is 0.489 e. The number of amides is 1. The van der Waals surface area contributed by atoms with Gasteiger partial charge in [-0.3, -0.25) is 4.79 Å². The first-order chi connectivity index (χ1) is 8.84. The summed E-state index contributed by atoms with van der Waals surface area (Å²) in [6.07, 6.45) is 1.67. The van der Waals surface area contributed by atoms with Gasteiger partial charge in [0.05, 0.1) is 6.04 Å². The molecule has 5 heteroatoms. The van der Waals surface area contributed by atoms with Crippen molar-refractivity contribution in [3.63, 3.8) is 0 Å². The van der Waals surface area contributed by atoms with E-state index in [4.69, 9.17) is 10.5 Å². The van der Waals surface area contributed by atoms with E-state index in [9.17, 15) is 4.79 Å². The zero-order valence-corrected chi connectivity index (χ0v) is 13.0. The molecule has 0 aliphatic rings. The zero-order valence-electron chi connectivity index (χ0n) is 12.2. The number of hydrogen-bond donors (Lipinski definition) is 2. The molecular weight excluding hydrogens is 276 g/mol. The molecule has 1 aromatic carbocycles. The highest BCUT2D eigenvalue weighted by Crippen LogP contribution is 2.21. The number of anilines is 1. The minimum Gasteiger partial charge on any atom is -0.489 e. The fourth-order valence-electron chi connectivity index (χ4n) is 1.43. The summed E-state index contributed by atoms with van der Waals surface area (Å²) in [5.41, 5.74) is 6.30. The number of ether oxygens (including phenoxy) is 1. The van der Waals surface area contributed by atoms with Crippen molar-refractivity contribution in [3.05, 3.63) is 36.9 Å². The molecule has 4 nitrogen and oxygen atoms in total. The number of carbonyl (C=O) groups excluding carboxylic acids is 1. The first-order valence-electron chi connectivity index (χ1n) is 6.25. The van der Waals surface area contributed by atoms with E-state index in [0.29, 0.717) is 18.0 Å². The fraction of sp³-hybridized carbons (Fsp3) is 0.400. The molecule has 1 aromatic rings. The minimum atomic E-state index is -0.565. The van der Waals surface area contributed by atoms with Crippen LogP contribution in [0.1, 0.15) is 20.8 Å². The molecular formula is C15H23ClN2O2. The summed E-state index contributed by atoms with van der Waals surface area (Å²) in [6.45, 7) is 9.81. The van der Waals surface area contributed by atoms with Crippen molar-refractivity contribution in [2.75, 3.05) is 11.9 Å². The lowest BCUT2D eigenvalue weighted by atomic mass is 9.87. The van der Waals surface area contributed by atoms with Gasteiger partial charge in [-0.25, -0.2) is 0 Å². The zero-order chi connectivity index (χ0) is 14.5. The Balaban J connectivity index is 0.00000361. The van der Waals surface area contributed by atoms with Crippen LogP contribution in [0.25, 0.3) is 0 Å². The summed E-state index contributed by atoms with van der Waals surface area (Å²) in [5, 5.41) is 2.80. The van der Waals surface area contributed by atoms with E-state index in [1.165, 1.54) is 0 Å². The second kappa shape index (κ2) is 7.92. The second-order valence-corrected chi connectivity index (χ2v) is 5.46. The van der Waals surface area contributed by atoms with Crippen molar-refractivity contribution in [1.82, 2.24) is 0 Å². The van der Waals surface area contributed by atoms with Crippen LogP contribution in [0.2, 0.25) is 0 Å². The van der Waals surface area contributed by atoms with Crippen LogP contribution in [0, 0.1) is 5.41 Å². The van der Waals surface area contributed by atoms with E-state index in [2.05, 4.69) is 11.9 Å². The number of benzene rings is 1. The highest BCUT2D eigenvalue weighted by atomic mass is 35.5. The van der Waals surface area contributed by atoms with Gasteiger partial charge >= 0.3 is 0 Å². The average molecular weight is 299 g/mol. The summed E-state index contributed by atoms with van der Waals surface area (Å²) in [7, 11) is 0. The van der Waals surface area contributed by atoms with Crippen molar-refractivity contribution in [3.8, 4) is 5.75 Å². The van der Waals surface area contributed by atoms with Crippen LogP contribution in [-0.4, -0.2) is 18.6 Å². The molecule has 1 amide bonds. The summed E-state index contributed by atoms with van der Waals surface area (Å²) in [4.78, 5) is 12.0. The molecule has 0 saturated carbocycles. The number of nitrogens with two attached hydrogens (primary N) is 1. The third-order valence-electron chi connectivity index (χ3n) is 2.68. The highest BCUT2D eigenvalue weighted by Gasteiger charge is 2.27. The van der Waals surface area contributed by atoms with Crippen LogP contribution >= 0.6 is 12.4 Å². The lowest BCUT2D eigenvalue weighted by molar-refractivity contribution is -0.119. The van der Waals surface area contributed by atoms with E-state index in [-0.39, 0.29) is 23.7 Å². The van der Waals surface area contributed by atoms with Crippen LogP contribution in [0.3, 0.4) is 0 Å². The van der Waals surface area contributed by atoms with Gasteiger partial charge < -0.3 is 15.8 Å². The molecule has 0 aliphatic carbocycles. The third-order valence-corrected chi connectivity index (χ3v) is 2.68. The summed E-state index contributed by atoms with van der Waals surface area (Å²) in [5.74, 6) is 0.482. The third kappa shape index (κ3) is 5.63. The Hall–Kier alpha value is -1.52. The van der Waals surface area contributed by atoms with Crippen molar-refractivity contribution in [1.29, 1.82) is 0 Å². The monoisotopic (exact) mass is 298 g/mol. The highest BCUT2D eigenvalue weighted by molar-refractivity contribution is 5.95. The Morgan fingerprint density at radius 3 is 2.70 bits per heavy atom. The van der Waals surface area contributed by atoms with Crippen LogP contribution < -0.4 is 15.8 Å². The predicted molar refractivity (Wildman–Crippen MR) is 85.4 cm³/mol. The first-order valence-corrected chi connectivity index (χ1v) is 6.25. The molecule has 0 unspecified atom stereocenters. The van der Waals surface area contributed by atoms with Crippen molar-refractivity contribution in [2.45, 2.75) is 26.8 Å². The smallest absolute Gasteiger partial charge is 0.241 e. The molecule has 0 aliphatic heterocycles. The maximum atomic E-state index is 12.0. The molecule has 3 N–H and O–H groups in total. The molecule has 0 heterocycles. The number of hydrogen-bond acceptors (Lipinski definition) is 3. The standard InChI is InChI=1S/C15H22N2O2.ClH/c1-5-9-19-12-8-6-7-11(10-12)17-14(18)13(16)15(2,3)4;/h5-8,10,13H,1,9,16H2,2-4H3,(H,17,18);1H/t13-;/m1./s1. The molecule has 0 aromatic heterocycles. The van der Waals surface area contributed by atoms with Crippen molar-refractivity contribution in [2.24, 2.45) is 11.1 Å². The van der Waals surface area contributed by atoms with Gasteiger partial charge in [-0.1, -0.05) is 39.5 Å². The van der Waals surface area contributed by atoms with Crippen LogP contribution in [0.4, 0.5) is 5.69 Å². The normalized spacial score (nSPS) is 12.0. The maximum Gasteiger partial charge on any atom is 0.241 e. The second-order valence-electron chi connectivity index (χ2n) is 5.46. The molecule has 0 radical (unpaired) electrons. The lowest BCUT2D eigenvalue weighted by Gasteiger charge is -2.25. The van der Waals surface area contributed by atoms with Crippen molar-refractivity contribution >= 4 is 24.0 Å². The Kier molecular flexibility index (Phi) is 7.32. The summed E-state index contributed by atoms with van der Waals surface area (Å²) in [6, 6.07) is 6.63. The lowest BCUT2D eigenvalue weighted by Crippen LogP contribution is -2.45. The molecule has 1 rings (SSSR count). The van der Waals surface area contributed by atoms with E-state index < -0.39 is 6.04 Å². The minimum absolute atomic E-state index is 0. The fourth-order valence-corrected chi connectivity index (χ4v) is 1.43. The van der Waals surface area contributed by atoms with Gasteiger partial charge in [0.25, 0.3) is 0 Å². The van der Waals surface area contributed by atoms with Gasteiger partial charge in [0.2, 0.25) is 5.91 Å². The van der Waals surface area contributed by atoms with Gasteiger partial charge in [0.15, 0.2) is 0 Å². The first kappa shape index (κ1) is 18.5.